The molecule has 6 nitrogen and oxygen atoms in total. The first-order valence-corrected chi connectivity index (χ1v) is 10.8. The van der Waals surface area contributed by atoms with Crippen LogP contribution in [0.5, 0.6) is 5.75 Å². The molecule has 0 radical (unpaired) electrons. The lowest BCUT2D eigenvalue weighted by Crippen LogP contribution is -2.38. The summed E-state index contributed by atoms with van der Waals surface area (Å²) in [7, 11) is -1.92. The molecule has 27 heavy (non-hydrogen) atoms. The van der Waals surface area contributed by atoms with E-state index in [0.29, 0.717) is 17.4 Å². The fourth-order valence-corrected chi connectivity index (χ4v) is 4.96. The number of piperidine rings is 1. The summed E-state index contributed by atoms with van der Waals surface area (Å²) in [4.78, 5) is 2.65. The fourth-order valence-electron chi connectivity index (χ4n) is 3.67. The van der Waals surface area contributed by atoms with Crippen LogP contribution in [-0.4, -0.2) is 40.1 Å². The van der Waals surface area contributed by atoms with Gasteiger partial charge in [0, 0.05) is 6.54 Å². The number of hydrogen-bond donors (Lipinski definition) is 1. The first kappa shape index (κ1) is 19.9. The second kappa shape index (κ2) is 8.46. The molecule has 1 fully saturated rings. The van der Waals surface area contributed by atoms with Gasteiger partial charge in [0.15, 0.2) is 0 Å². The van der Waals surface area contributed by atoms with E-state index in [0.717, 1.165) is 55.1 Å². The molecule has 1 N–H and O–H groups in total. The quantitative estimate of drug-likeness (QED) is 0.784. The maximum atomic E-state index is 12.7. The minimum atomic E-state index is -3.52. The number of sulfonamides is 1. The largest absolute Gasteiger partial charge is 0.496 e. The molecule has 1 aromatic carbocycles. The van der Waals surface area contributed by atoms with Crippen LogP contribution in [0, 0.1) is 19.8 Å². The Kier molecular flexibility index (Phi) is 6.24. The van der Waals surface area contributed by atoms with Crippen LogP contribution in [0.3, 0.4) is 0 Å². The molecule has 1 aliphatic heterocycles. The summed E-state index contributed by atoms with van der Waals surface area (Å²) in [5.74, 6) is 2.06. The Labute approximate surface area is 161 Å². The lowest BCUT2D eigenvalue weighted by molar-refractivity contribution is 0.168. The zero-order valence-corrected chi connectivity index (χ0v) is 17.0. The zero-order valence-electron chi connectivity index (χ0n) is 16.2. The van der Waals surface area contributed by atoms with Crippen molar-refractivity contribution in [3.63, 3.8) is 0 Å². The summed E-state index contributed by atoms with van der Waals surface area (Å²) in [6.07, 6.45) is 3.65. The highest BCUT2D eigenvalue weighted by atomic mass is 32.2. The molecular formula is C20H28N2O4S. The Morgan fingerprint density at radius 1 is 1.22 bits per heavy atom. The van der Waals surface area contributed by atoms with E-state index in [1.165, 1.54) is 0 Å². The number of ether oxygens (including phenoxy) is 1. The predicted octanol–water partition coefficient (Wildman–Crippen LogP) is 3.10. The van der Waals surface area contributed by atoms with E-state index in [-0.39, 0.29) is 0 Å². The smallest absolute Gasteiger partial charge is 0.240 e. The van der Waals surface area contributed by atoms with E-state index < -0.39 is 10.0 Å². The van der Waals surface area contributed by atoms with Gasteiger partial charge >= 0.3 is 0 Å². The number of methoxy groups -OCH3 is 1. The Hall–Kier alpha value is -1.83. The normalized spacial score (nSPS) is 16.6. The molecule has 1 saturated heterocycles. The van der Waals surface area contributed by atoms with Gasteiger partial charge in [0.25, 0.3) is 0 Å². The number of nitrogens with one attached hydrogen (secondary N) is 1. The van der Waals surface area contributed by atoms with E-state index >= 15 is 0 Å². The first-order chi connectivity index (χ1) is 12.9. The second-order valence-corrected chi connectivity index (χ2v) is 9.01. The van der Waals surface area contributed by atoms with Crippen molar-refractivity contribution in [3.05, 3.63) is 47.4 Å². The van der Waals surface area contributed by atoms with Crippen molar-refractivity contribution in [2.45, 2.75) is 38.1 Å². The van der Waals surface area contributed by atoms with Gasteiger partial charge in [0.2, 0.25) is 10.0 Å². The molecule has 7 heteroatoms. The molecule has 2 heterocycles. The number of rotatable bonds is 7. The molecule has 3 rings (SSSR count). The molecule has 148 valence electrons. The summed E-state index contributed by atoms with van der Waals surface area (Å²) in [6.45, 7) is 6.91. The molecule has 0 unspecified atom stereocenters. The second-order valence-electron chi connectivity index (χ2n) is 7.24. The first-order valence-electron chi connectivity index (χ1n) is 9.28. The number of nitrogens with zero attached hydrogens (tertiary/aromatic N) is 1. The van der Waals surface area contributed by atoms with Crippen LogP contribution in [0.25, 0.3) is 0 Å². The van der Waals surface area contributed by atoms with Crippen molar-refractivity contribution in [2.24, 2.45) is 5.92 Å². The van der Waals surface area contributed by atoms with Crippen molar-refractivity contribution in [1.82, 2.24) is 9.62 Å². The minimum absolute atomic E-state index is 0.300. The van der Waals surface area contributed by atoms with Gasteiger partial charge in [-0.15, -0.1) is 0 Å². The number of aryl methyl sites for hydroxylation is 2. The minimum Gasteiger partial charge on any atom is -0.496 e. The van der Waals surface area contributed by atoms with Crippen molar-refractivity contribution < 1.29 is 17.6 Å². The van der Waals surface area contributed by atoms with Gasteiger partial charge in [-0.3, -0.25) is 4.90 Å². The Morgan fingerprint density at radius 2 is 1.89 bits per heavy atom. The van der Waals surface area contributed by atoms with Gasteiger partial charge in [-0.25, -0.2) is 13.1 Å². The monoisotopic (exact) mass is 392 g/mol. The van der Waals surface area contributed by atoms with Gasteiger partial charge in [-0.2, -0.15) is 0 Å². The Morgan fingerprint density at radius 3 is 2.44 bits per heavy atom. The molecule has 0 bridgehead atoms. The summed E-state index contributed by atoms with van der Waals surface area (Å²) in [5, 5.41) is 0. The molecular weight excluding hydrogens is 364 g/mol. The molecule has 1 aromatic heterocycles. The SMILES string of the molecule is COc1c(C)cc(S(=O)(=O)NCC2CCN(Cc3ccco3)CC2)cc1C. The van der Waals surface area contributed by atoms with E-state index in [2.05, 4.69) is 9.62 Å². The highest BCUT2D eigenvalue weighted by molar-refractivity contribution is 7.89. The molecule has 0 atom stereocenters. The standard InChI is InChI=1S/C20H28N2O4S/c1-15-11-19(12-16(2)20(15)25-3)27(23,24)21-13-17-6-8-22(9-7-17)14-18-5-4-10-26-18/h4-5,10-12,17,21H,6-9,13-14H2,1-3H3. The molecule has 0 spiro atoms. The lowest BCUT2D eigenvalue weighted by atomic mass is 9.97. The van der Waals surface area contributed by atoms with Crippen LogP contribution in [0.4, 0.5) is 0 Å². The van der Waals surface area contributed by atoms with E-state index in [1.54, 1.807) is 25.5 Å². The fraction of sp³-hybridized carbons (Fsp3) is 0.500. The summed E-state index contributed by atoms with van der Waals surface area (Å²) in [6, 6.07) is 7.22. The van der Waals surface area contributed by atoms with Crippen molar-refractivity contribution >= 4 is 10.0 Å². The number of likely N-dealkylation sites (tertiary alicyclic amines) is 1. The lowest BCUT2D eigenvalue weighted by Gasteiger charge is -2.31. The predicted molar refractivity (Wildman–Crippen MR) is 104 cm³/mol. The van der Waals surface area contributed by atoms with Crippen LogP contribution in [0.1, 0.15) is 29.7 Å². The summed E-state index contributed by atoms with van der Waals surface area (Å²) < 4.78 is 38.9. The summed E-state index contributed by atoms with van der Waals surface area (Å²) in [5.41, 5.74) is 1.65. The van der Waals surface area contributed by atoms with E-state index in [4.69, 9.17) is 9.15 Å². The number of furan rings is 1. The molecule has 0 amide bonds. The van der Waals surface area contributed by atoms with Gasteiger partial charge in [-0.1, -0.05) is 0 Å². The van der Waals surface area contributed by atoms with Gasteiger partial charge in [-0.05, 0) is 81.1 Å². The van der Waals surface area contributed by atoms with Crippen molar-refractivity contribution in [1.29, 1.82) is 0 Å². The highest BCUT2D eigenvalue weighted by Gasteiger charge is 2.23. The third-order valence-electron chi connectivity index (χ3n) is 5.18. The van der Waals surface area contributed by atoms with E-state index in [9.17, 15) is 8.42 Å². The molecule has 2 aromatic rings. The van der Waals surface area contributed by atoms with Crippen LogP contribution < -0.4 is 9.46 Å². The highest BCUT2D eigenvalue weighted by Crippen LogP contribution is 2.26. The van der Waals surface area contributed by atoms with E-state index in [1.807, 2.05) is 26.0 Å². The zero-order chi connectivity index (χ0) is 19.4. The Bertz CT molecular complexity index is 831. The number of benzene rings is 1. The van der Waals surface area contributed by atoms with Crippen LogP contribution in [0.2, 0.25) is 0 Å². The Balaban J connectivity index is 1.54. The molecule has 0 saturated carbocycles. The van der Waals surface area contributed by atoms with Crippen LogP contribution >= 0.6 is 0 Å². The van der Waals surface area contributed by atoms with Crippen molar-refractivity contribution in [2.75, 3.05) is 26.7 Å². The number of hydrogen-bond acceptors (Lipinski definition) is 5. The van der Waals surface area contributed by atoms with Gasteiger partial charge < -0.3 is 9.15 Å². The molecule has 0 aliphatic carbocycles. The average Bonchev–Trinajstić information content (AvgIpc) is 3.14. The average molecular weight is 393 g/mol. The third kappa shape index (κ3) is 4.91. The van der Waals surface area contributed by atoms with Crippen LogP contribution in [-0.2, 0) is 16.6 Å². The summed E-state index contributed by atoms with van der Waals surface area (Å²) >= 11 is 0. The van der Waals surface area contributed by atoms with Gasteiger partial charge in [0.05, 0.1) is 24.8 Å². The van der Waals surface area contributed by atoms with Crippen LogP contribution in [0.15, 0.2) is 39.8 Å². The third-order valence-corrected chi connectivity index (χ3v) is 6.58. The van der Waals surface area contributed by atoms with Crippen molar-refractivity contribution in [3.8, 4) is 5.75 Å². The topological polar surface area (TPSA) is 71.8 Å². The van der Waals surface area contributed by atoms with Gasteiger partial charge in [0.1, 0.15) is 11.5 Å². The maximum absolute atomic E-state index is 12.7. The maximum Gasteiger partial charge on any atom is 0.240 e. The molecule has 1 aliphatic rings.